The van der Waals surface area contributed by atoms with Gasteiger partial charge in [0.2, 0.25) is 0 Å². The van der Waals surface area contributed by atoms with Crippen LogP contribution >= 0.6 is 11.6 Å². The molecular formula is C12H15ClFNO. The van der Waals surface area contributed by atoms with E-state index in [0.717, 1.165) is 12.0 Å². The first-order chi connectivity index (χ1) is 7.69. The molecule has 1 aliphatic carbocycles. The fourth-order valence-electron chi connectivity index (χ4n) is 2.04. The van der Waals surface area contributed by atoms with Gasteiger partial charge in [-0.1, -0.05) is 11.6 Å². The van der Waals surface area contributed by atoms with Gasteiger partial charge in [0, 0.05) is 5.56 Å². The molecule has 88 valence electrons. The summed E-state index contributed by atoms with van der Waals surface area (Å²) in [4.78, 5) is 0. The van der Waals surface area contributed by atoms with Crippen LogP contribution in [0, 0.1) is 11.7 Å². The third-order valence-electron chi connectivity index (χ3n) is 2.99. The van der Waals surface area contributed by atoms with E-state index in [1.54, 1.807) is 6.07 Å². The molecule has 1 saturated carbocycles. The van der Waals surface area contributed by atoms with Crippen LogP contribution in [0.3, 0.4) is 0 Å². The highest BCUT2D eigenvalue weighted by molar-refractivity contribution is 6.31. The molecule has 0 aromatic heterocycles. The molecule has 1 aliphatic rings. The van der Waals surface area contributed by atoms with Crippen LogP contribution in [0.2, 0.25) is 5.02 Å². The van der Waals surface area contributed by atoms with Crippen LogP contribution in [0.25, 0.3) is 0 Å². The Balaban J connectivity index is 2.36. The molecule has 1 aromatic rings. The lowest BCUT2D eigenvalue weighted by molar-refractivity contribution is 0.335. The van der Waals surface area contributed by atoms with Gasteiger partial charge < -0.3 is 10.5 Å². The quantitative estimate of drug-likeness (QED) is 0.883. The molecule has 1 aromatic carbocycles. The smallest absolute Gasteiger partial charge is 0.142 e. The monoisotopic (exact) mass is 243 g/mol. The first-order valence-corrected chi connectivity index (χ1v) is 5.87. The van der Waals surface area contributed by atoms with Gasteiger partial charge in [-0.25, -0.2) is 4.39 Å². The summed E-state index contributed by atoms with van der Waals surface area (Å²) in [7, 11) is 0. The average molecular weight is 244 g/mol. The Morgan fingerprint density at radius 2 is 2.31 bits per heavy atom. The minimum Gasteiger partial charge on any atom is -0.494 e. The molecule has 16 heavy (non-hydrogen) atoms. The molecule has 2 unspecified atom stereocenters. The van der Waals surface area contributed by atoms with E-state index >= 15 is 0 Å². The maximum atomic E-state index is 13.4. The molecule has 2 nitrogen and oxygen atoms in total. The first kappa shape index (κ1) is 11.7. The van der Waals surface area contributed by atoms with Crippen molar-refractivity contribution in [3.8, 4) is 5.75 Å². The highest BCUT2D eigenvalue weighted by Crippen LogP contribution is 2.52. The van der Waals surface area contributed by atoms with Crippen molar-refractivity contribution >= 4 is 11.6 Å². The summed E-state index contributed by atoms with van der Waals surface area (Å²) in [6, 6.07) is 2.99. The zero-order chi connectivity index (χ0) is 11.7. The van der Waals surface area contributed by atoms with Gasteiger partial charge in [-0.3, -0.25) is 0 Å². The molecule has 0 heterocycles. The first-order valence-electron chi connectivity index (χ1n) is 5.49. The van der Waals surface area contributed by atoms with Crippen molar-refractivity contribution in [2.45, 2.75) is 19.3 Å². The number of hydrogen-bond donors (Lipinski definition) is 1. The molecule has 0 radical (unpaired) electrons. The molecule has 2 atom stereocenters. The highest BCUT2D eigenvalue weighted by atomic mass is 35.5. The second kappa shape index (κ2) is 4.60. The second-order valence-electron chi connectivity index (χ2n) is 4.04. The summed E-state index contributed by atoms with van der Waals surface area (Å²) in [5, 5.41) is 0.187. The van der Waals surface area contributed by atoms with E-state index in [9.17, 15) is 4.39 Å². The van der Waals surface area contributed by atoms with E-state index in [1.165, 1.54) is 6.07 Å². The number of ether oxygens (including phenoxy) is 1. The van der Waals surface area contributed by atoms with Gasteiger partial charge in [0.1, 0.15) is 11.6 Å². The normalized spacial score (nSPS) is 23.2. The minimum atomic E-state index is -0.386. The average Bonchev–Trinajstić information content (AvgIpc) is 3.03. The summed E-state index contributed by atoms with van der Waals surface area (Å²) < 4.78 is 18.9. The number of rotatable bonds is 4. The minimum absolute atomic E-state index is 0.187. The molecule has 0 saturated heterocycles. The Bertz CT molecular complexity index is 397. The Kier molecular flexibility index (Phi) is 3.36. The fourth-order valence-corrected chi connectivity index (χ4v) is 2.33. The lowest BCUT2D eigenvalue weighted by Crippen LogP contribution is -2.04. The van der Waals surface area contributed by atoms with Crippen LogP contribution in [-0.2, 0) is 0 Å². The molecule has 2 rings (SSSR count). The SMILES string of the molecule is CCOc1ccc(F)c(Cl)c1C1CC1CN. The number of nitrogens with two attached hydrogens (primary N) is 1. The van der Waals surface area contributed by atoms with E-state index in [-0.39, 0.29) is 16.8 Å². The third-order valence-corrected chi connectivity index (χ3v) is 3.37. The van der Waals surface area contributed by atoms with Gasteiger partial charge in [0.05, 0.1) is 11.6 Å². The van der Waals surface area contributed by atoms with Crippen LogP contribution in [0.15, 0.2) is 12.1 Å². The zero-order valence-corrected chi connectivity index (χ0v) is 9.93. The Morgan fingerprint density at radius 1 is 1.56 bits per heavy atom. The van der Waals surface area contributed by atoms with Crippen molar-refractivity contribution in [2.24, 2.45) is 11.7 Å². The summed E-state index contributed by atoms with van der Waals surface area (Å²) in [6.45, 7) is 3.06. The van der Waals surface area contributed by atoms with Gasteiger partial charge in [-0.15, -0.1) is 0 Å². The molecule has 0 amide bonds. The van der Waals surface area contributed by atoms with E-state index in [2.05, 4.69) is 0 Å². The van der Waals surface area contributed by atoms with E-state index in [4.69, 9.17) is 22.1 Å². The molecule has 4 heteroatoms. The lowest BCUT2D eigenvalue weighted by Gasteiger charge is -2.12. The molecule has 2 N–H and O–H groups in total. The predicted molar refractivity (Wildman–Crippen MR) is 62.5 cm³/mol. The third kappa shape index (κ3) is 2.02. The number of benzene rings is 1. The number of hydrogen-bond acceptors (Lipinski definition) is 2. The van der Waals surface area contributed by atoms with Crippen molar-refractivity contribution < 1.29 is 9.13 Å². The van der Waals surface area contributed by atoms with Crippen LogP contribution in [-0.4, -0.2) is 13.2 Å². The summed E-state index contributed by atoms with van der Waals surface area (Å²) >= 11 is 6.00. The Morgan fingerprint density at radius 3 is 2.88 bits per heavy atom. The topological polar surface area (TPSA) is 35.2 Å². The highest BCUT2D eigenvalue weighted by Gasteiger charge is 2.40. The van der Waals surface area contributed by atoms with Gasteiger partial charge in [-0.05, 0) is 43.9 Å². The maximum absolute atomic E-state index is 13.4. The van der Waals surface area contributed by atoms with Crippen molar-refractivity contribution in [3.63, 3.8) is 0 Å². The summed E-state index contributed by atoms with van der Waals surface area (Å²) in [5.74, 6) is 0.978. The lowest BCUT2D eigenvalue weighted by atomic mass is 10.1. The summed E-state index contributed by atoms with van der Waals surface area (Å²) in [5.41, 5.74) is 6.39. The second-order valence-corrected chi connectivity index (χ2v) is 4.42. The molecule has 0 bridgehead atoms. The van der Waals surface area contributed by atoms with Crippen LogP contribution in [0.1, 0.15) is 24.8 Å². The van der Waals surface area contributed by atoms with Gasteiger partial charge in [0.25, 0.3) is 0 Å². The number of halogens is 2. The fraction of sp³-hybridized carbons (Fsp3) is 0.500. The van der Waals surface area contributed by atoms with Crippen LogP contribution in [0.4, 0.5) is 4.39 Å². The summed E-state index contributed by atoms with van der Waals surface area (Å²) in [6.07, 6.45) is 0.972. The van der Waals surface area contributed by atoms with Crippen LogP contribution < -0.4 is 10.5 Å². The molecule has 0 spiro atoms. The standard InChI is InChI=1S/C12H15ClFNO/c1-2-16-10-4-3-9(14)12(13)11(10)8-5-7(8)6-15/h3-4,7-8H,2,5-6,15H2,1H3. The van der Waals surface area contributed by atoms with E-state index < -0.39 is 0 Å². The molecule has 0 aliphatic heterocycles. The van der Waals surface area contributed by atoms with E-state index in [1.807, 2.05) is 6.92 Å². The predicted octanol–water partition coefficient (Wildman–Crippen LogP) is 2.94. The van der Waals surface area contributed by atoms with Gasteiger partial charge >= 0.3 is 0 Å². The van der Waals surface area contributed by atoms with E-state index in [0.29, 0.717) is 24.8 Å². The molecular weight excluding hydrogens is 229 g/mol. The maximum Gasteiger partial charge on any atom is 0.142 e. The van der Waals surface area contributed by atoms with Crippen molar-refractivity contribution in [3.05, 3.63) is 28.5 Å². The Labute approximate surface area is 99.5 Å². The van der Waals surface area contributed by atoms with Crippen molar-refractivity contribution in [2.75, 3.05) is 13.2 Å². The van der Waals surface area contributed by atoms with Gasteiger partial charge in [-0.2, -0.15) is 0 Å². The Hall–Kier alpha value is -0.800. The largest absolute Gasteiger partial charge is 0.494 e. The van der Waals surface area contributed by atoms with Gasteiger partial charge in [0.15, 0.2) is 0 Å². The van der Waals surface area contributed by atoms with Crippen molar-refractivity contribution in [1.29, 1.82) is 0 Å². The van der Waals surface area contributed by atoms with Crippen LogP contribution in [0.5, 0.6) is 5.75 Å². The zero-order valence-electron chi connectivity index (χ0n) is 9.17. The van der Waals surface area contributed by atoms with Crippen molar-refractivity contribution in [1.82, 2.24) is 0 Å². The molecule has 1 fully saturated rings.